The van der Waals surface area contributed by atoms with Crippen LogP contribution < -0.4 is 5.73 Å². The average Bonchev–Trinajstić information content (AvgIpc) is 2.92. The van der Waals surface area contributed by atoms with Crippen molar-refractivity contribution in [3.8, 4) is 0 Å². The number of ether oxygens (including phenoxy) is 1. The van der Waals surface area contributed by atoms with Crippen molar-refractivity contribution < 1.29 is 9.53 Å². The second kappa shape index (κ2) is 5.72. The lowest BCUT2D eigenvalue weighted by atomic mass is 10.1. The minimum absolute atomic E-state index is 0.0571. The number of anilines is 1. The number of nitrogen functional groups attached to an aromatic ring is 1. The maximum atomic E-state index is 12.5. The van der Waals surface area contributed by atoms with Crippen molar-refractivity contribution in [2.24, 2.45) is 0 Å². The number of H-pyrrole nitrogens is 1. The van der Waals surface area contributed by atoms with Gasteiger partial charge in [0.2, 0.25) is 0 Å². The number of carbonyl (C=O) groups is 1. The highest BCUT2D eigenvalue weighted by molar-refractivity contribution is 5.95. The molecule has 1 fully saturated rings. The molecule has 2 aromatic heterocycles. The van der Waals surface area contributed by atoms with Crippen LogP contribution in [0.2, 0.25) is 0 Å². The summed E-state index contributed by atoms with van der Waals surface area (Å²) in [6, 6.07) is 1.69. The van der Waals surface area contributed by atoms with E-state index in [4.69, 9.17) is 10.5 Å². The Morgan fingerprint density at radius 3 is 2.95 bits per heavy atom. The molecule has 0 spiro atoms. The average molecular weight is 302 g/mol. The van der Waals surface area contributed by atoms with Crippen molar-refractivity contribution in [2.45, 2.75) is 20.0 Å². The lowest BCUT2D eigenvalue weighted by molar-refractivity contribution is -0.0248. The molecule has 3 rings (SSSR count). The first-order chi connectivity index (χ1) is 10.5. The van der Waals surface area contributed by atoms with Gasteiger partial charge in [0, 0.05) is 18.3 Å². The van der Waals surface area contributed by atoms with E-state index in [9.17, 15) is 4.79 Å². The van der Waals surface area contributed by atoms with Crippen LogP contribution in [-0.4, -0.2) is 50.7 Å². The molecule has 0 radical (unpaired) electrons. The Hall–Kier alpha value is -2.48. The Morgan fingerprint density at radius 1 is 1.45 bits per heavy atom. The number of carbonyl (C=O) groups excluding carboxylic acids is 1. The molecule has 1 aliphatic heterocycles. The van der Waals surface area contributed by atoms with E-state index in [1.165, 1.54) is 0 Å². The predicted octanol–water partition coefficient (Wildman–Crippen LogP) is 0.612. The van der Waals surface area contributed by atoms with Crippen molar-refractivity contribution in [1.29, 1.82) is 0 Å². The van der Waals surface area contributed by atoms with Gasteiger partial charge in [0.05, 0.1) is 30.6 Å². The van der Waals surface area contributed by atoms with Gasteiger partial charge in [-0.15, -0.1) is 0 Å². The number of aromatic amines is 1. The van der Waals surface area contributed by atoms with Crippen LogP contribution in [0.15, 0.2) is 12.3 Å². The highest BCUT2D eigenvalue weighted by atomic mass is 16.5. The van der Waals surface area contributed by atoms with Gasteiger partial charge < -0.3 is 15.4 Å². The highest BCUT2D eigenvalue weighted by Gasteiger charge is 2.28. The third-order valence-corrected chi connectivity index (χ3v) is 3.62. The number of rotatable bonds is 2. The van der Waals surface area contributed by atoms with Crippen LogP contribution in [0, 0.1) is 13.8 Å². The number of nitrogens with zero attached hydrogens (tertiary/aromatic N) is 4. The van der Waals surface area contributed by atoms with Gasteiger partial charge in [-0.2, -0.15) is 5.10 Å². The first kappa shape index (κ1) is 14.5. The largest absolute Gasteiger partial charge is 0.384 e. The Balaban J connectivity index is 1.79. The molecule has 0 saturated carbocycles. The Labute approximate surface area is 127 Å². The van der Waals surface area contributed by atoms with Crippen LogP contribution in [0.1, 0.15) is 33.7 Å². The van der Waals surface area contributed by atoms with E-state index in [1.807, 2.05) is 6.92 Å². The van der Waals surface area contributed by atoms with E-state index in [-0.39, 0.29) is 12.0 Å². The number of morpholine rings is 1. The fraction of sp³-hybridized carbons (Fsp3) is 0.429. The molecule has 0 bridgehead atoms. The molecule has 3 heterocycles. The minimum Gasteiger partial charge on any atom is -0.384 e. The molecule has 8 heteroatoms. The molecule has 1 atom stereocenters. The van der Waals surface area contributed by atoms with Crippen molar-refractivity contribution in [3.05, 3.63) is 35.0 Å². The summed E-state index contributed by atoms with van der Waals surface area (Å²) in [6.45, 7) is 5.03. The zero-order valence-electron chi connectivity index (χ0n) is 12.5. The summed E-state index contributed by atoms with van der Waals surface area (Å²) in [7, 11) is 0. The van der Waals surface area contributed by atoms with Gasteiger partial charge in [-0.25, -0.2) is 9.97 Å². The molecule has 2 aromatic rings. The quantitative estimate of drug-likeness (QED) is 0.841. The zero-order chi connectivity index (χ0) is 15.7. The molecule has 3 N–H and O–H groups in total. The molecule has 0 unspecified atom stereocenters. The maximum absolute atomic E-state index is 12.5. The number of aromatic nitrogens is 4. The summed E-state index contributed by atoms with van der Waals surface area (Å²) in [5.74, 6) is 0.936. The van der Waals surface area contributed by atoms with E-state index in [0.29, 0.717) is 42.6 Å². The van der Waals surface area contributed by atoms with E-state index in [0.717, 1.165) is 5.69 Å². The zero-order valence-corrected chi connectivity index (χ0v) is 12.5. The summed E-state index contributed by atoms with van der Waals surface area (Å²) in [5.41, 5.74) is 7.80. The second-order valence-electron chi connectivity index (χ2n) is 5.28. The Morgan fingerprint density at radius 2 is 2.27 bits per heavy atom. The minimum atomic E-state index is -0.297. The Bertz CT molecular complexity index is 678. The smallest absolute Gasteiger partial charge is 0.257 e. The summed E-state index contributed by atoms with van der Waals surface area (Å²) >= 11 is 0. The summed E-state index contributed by atoms with van der Waals surface area (Å²) in [6.07, 6.45) is 1.25. The number of nitrogens with one attached hydrogen (secondary N) is 1. The monoisotopic (exact) mass is 302 g/mol. The molecule has 0 aromatic carbocycles. The van der Waals surface area contributed by atoms with Gasteiger partial charge in [0.1, 0.15) is 17.7 Å². The Kier molecular flexibility index (Phi) is 3.76. The van der Waals surface area contributed by atoms with E-state index in [1.54, 1.807) is 24.1 Å². The summed E-state index contributed by atoms with van der Waals surface area (Å²) in [4.78, 5) is 22.7. The van der Waals surface area contributed by atoms with Gasteiger partial charge in [-0.3, -0.25) is 9.89 Å². The standard InChI is InChI=1S/C14H18N6O2/c1-8-10(6-16-19-8)14(21)20-3-4-22-12(7-20)11-5-13(15)18-9(2)17-11/h5-6,12H,3-4,7H2,1-2H3,(H,16,19)(H2,15,17,18)/t12-/m1/s1. The number of hydrogen-bond donors (Lipinski definition) is 2. The molecule has 1 saturated heterocycles. The van der Waals surface area contributed by atoms with Crippen LogP contribution in [0.25, 0.3) is 0 Å². The normalized spacial score (nSPS) is 18.5. The van der Waals surface area contributed by atoms with Gasteiger partial charge in [0.25, 0.3) is 5.91 Å². The molecule has 0 aliphatic carbocycles. The summed E-state index contributed by atoms with van der Waals surface area (Å²) in [5, 5.41) is 6.68. The van der Waals surface area contributed by atoms with Crippen LogP contribution >= 0.6 is 0 Å². The third-order valence-electron chi connectivity index (χ3n) is 3.62. The van der Waals surface area contributed by atoms with Crippen LogP contribution in [0.3, 0.4) is 0 Å². The number of aryl methyl sites for hydroxylation is 2. The first-order valence-electron chi connectivity index (χ1n) is 7.06. The van der Waals surface area contributed by atoms with Crippen LogP contribution in [-0.2, 0) is 4.74 Å². The van der Waals surface area contributed by atoms with Crippen molar-refractivity contribution in [2.75, 3.05) is 25.4 Å². The molecule has 116 valence electrons. The number of hydrogen-bond acceptors (Lipinski definition) is 6. The fourth-order valence-electron chi connectivity index (χ4n) is 2.53. The number of amides is 1. The van der Waals surface area contributed by atoms with Gasteiger partial charge >= 0.3 is 0 Å². The fourth-order valence-corrected chi connectivity index (χ4v) is 2.53. The van der Waals surface area contributed by atoms with E-state index < -0.39 is 0 Å². The van der Waals surface area contributed by atoms with Gasteiger partial charge in [-0.1, -0.05) is 0 Å². The third kappa shape index (κ3) is 2.77. The lowest BCUT2D eigenvalue weighted by Gasteiger charge is -2.32. The lowest BCUT2D eigenvalue weighted by Crippen LogP contribution is -2.42. The SMILES string of the molecule is Cc1nc(N)cc([C@H]2CN(C(=O)c3cn[nH]c3C)CCO2)n1. The van der Waals surface area contributed by atoms with Crippen molar-refractivity contribution in [3.63, 3.8) is 0 Å². The van der Waals surface area contributed by atoms with Crippen molar-refractivity contribution >= 4 is 11.7 Å². The molecule has 22 heavy (non-hydrogen) atoms. The maximum Gasteiger partial charge on any atom is 0.257 e. The van der Waals surface area contributed by atoms with Gasteiger partial charge in [-0.05, 0) is 13.8 Å². The summed E-state index contributed by atoms with van der Waals surface area (Å²) < 4.78 is 5.74. The van der Waals surface area contributed by atoms with Gasteiger partial charge in [0.15, 0.2) is 0 Å². The predicted molar refractivity (Wildman–Crippen MR) is 79.1 cm³/mol. The molecular formula is C14H18N6O2. The topological polar surface area (TPSA) is 110 Å². The van der Waals surface area contributed by atoms with Crippen LogP contribution in [0.5, 0.6) is 0 Å². The van der Waals surface area contributed by atoms with E-state index >= 15 is 0 Å². The molecule has 1 aliphatic rings. The van der Waals surface area contributed by atoms with Crippen LogP contribution in [0.4, 0.5) is 5.82 Å². The molecule has 8 nitrogen and oxygen atoms in total. The molecule has 1 amide bonds. The highest BCUT2D eigenvalue weighted by Crippen LogP contribution is 2.23. The van der Waals surface area contributed by atoms with Crippen molar-refractivity contribution in [1.82, 2.24) is 25.1 Å². The number of nitrogens with two attached hydrogens (primary N) is 1. The first-order valence-corrected chi connectivity index (χ1v) is 7.06. The molecular weight excluding hydrogens is 284 g/mol. The second-order valence-corrected chi connectivity index (χ2v) is 5.28. The van der Waals surface area contributed by atoms with E-state index in [2.05, 4.69) is 20.2 Å².